The summed E-state index contributed by atoms with van der Waals surface area (Å²) < 4.78 is 0. The maximum atomic E-state index is 5.91. The first kappa shape index (κ1) is 16.0. The molecule has 0 atom stereocenters. The molecule has 1 aromatic rings. The van der Waals surface area contributed by atoms with E-state index in [2.05, 4.69) is 57.1 Å². The van der Waals surface area contributed by atoms with Crippen LogP contribution in [0.2, 0.25) is 0 Å². The lowest BCUT2D eigenvalue weighted by atomic mass is 9.82. The van der Waals surface area contributed by atoms with Gasteiger partial charge in [0.1, 0.15) is 5.82 Å². The van der Waals surface area contributed by atoms with E-state index in [1.54, 1.807) is 0 Å². The van der Waals surface area contributed by atoms with Crippen molar-refractivity contribution in [2.75, 3.05) is 18.4 Å². The molecule has 1 aromatic heterocycles. The van der Waals surface area contributed by atoms with Crippen molar-refractivity contribution in [3.05, 3.63) is 23.9 Å². The van der Waals surface area contributed by atoms with Crippen LogP contribution in [-0.2, 0) is 5.41 Å². The summed E-state index contributed by atoms with van der Waals surface area (Å²) in [6, 6.07) is 4.21. The summed E-state index contributed by atoms with van der Waals surface area (Å²) in [5, 5.41) is 3.43. The largest absolute Gasteiger partial charge is 0.369 e. The third-order valence-corrected chi connectivity index (χ3v) is 4.21. The van der Waals surface area contributed by atoms with Crippen LogP contribution in [0.4, 0.5) is 5.82 Å². The molecule has 3 nitrogen and oxygen atoms in total. The molecule has 1 rings (SSSR count). The predicted octanol–water partition coefficient (Wildman–Crippen LogP) is 3.56. The van der Waals surface area contributed by atoms with E-state index in [1.165, 1.54) is 5.56 Å². The molecule has 0 bridgehead atoms. The van der Waals surface area contributed by atoms with Crippen LogP contribution in [0.15, 0.2) is 18.3 Å². The maximum absolute atomic E-state index is 5.91. The van der Waals surface area contributed by atoms with Crippen molar-refractivity contribution in [2.45, 2.75) is 52.9 Å². The lowest BCUT2D eigenvalue weighted by Crippen LogP contribution is -2.36. The van der Waals surface area contributed by atoms with Gasteiger partial charge in [0.2, 0.25) is 0 Å². The van der Waals surface area contributed by atoms with Crippen molar-refractivity contribution in [3.63, 3.8) is 0 Å². The Labute approximate surface area is 118 Å². The van der Waals surface area contributed by atoms with Gasteiger partial charge >= 0.3 is 0 Å². The zero-order valence-electron chi connectivity index (χ0n) is 13.1. The molecule has 0 saturated carbocycles. The minimum atomic E-state index is 0.152. The molecule has 0 aliphatic heterocycles. The third kappa shape index (κ3) is 4.20. The second-order valence-electron chi connectivity index (χ2n) is 6.45. The van der Waals surface area contributed by atoms with Crippen molar-refractivity contribution < 1.29 is 0 Å². The highest BCUT2D eigenvalue weighted by Crippen LogP contribution is 2.26. The minimum absolute atomic E-state index is 0.152. The molecule has 1 heterocycles. The SMILES string of the molecule is CCC(CC)(CN)CNc1ccc(C(C)(C)C)cn1. The van der Waals surface area contributed by atoms with Gasteiger partial charge in [-0.3, -0.25) is 0 Å². The zero-order chi connectivity index (χ0) is 14.5. The molecular formula is C16H29N3. The van der Waals surface area contributed by atoms with Crippen molar-refractivity contribution >= 4 is 5.82 Å². The van der Waals surface area contributed by atoms with Crippen molar-refractivity contribution in [1.29, 1.82) is 0 Å². The molecule has 0 saturated heterocycles. The van der Waals surface area contributed by atoms with Crippen LogP contribution in [0.5, 0.6) is 0 Å². The van der Waals surface area contributed by atoms with Crippen LogP contribution in [0, 0.1) is 5.41 Å². The molecular weight excluding hydrogens is 234 g/mol. The highest BCUT2D eigenvalue weighted by atomic mass is 15.0. The van der Waals surface area contributed by atoms with E-state index < -0.39 is 0 Å². The van der Waals surface area contributed by atoms with Gasteiger partial charge in [-0.05, 0) is 41.8 Å². The molecule has 0 amide bonds. The van der Waals surface area contributed by atoms with Crippen molar-refractivity contribution in [3.8, 4) is 0 Å². The Morgan fingerprint density at radius 1 is 1.16 bits per heavy atom. The van der Waals surface area contributed by atoms with Gasteiger partial charge in [0.15, 0.2) is 0 Å². The van der Waals surface area contributed by atoms with Crippen LogP contribution in [0.25, 0.3) is 0 Å². The number of anilines is 1. The standard InChI is InChI=1S/C16H29N3/c1-6-16(7-2,11-17)12-19-14-9-8-13(10-18-14)15(3,4)5/h8-10H,6-7,11-12,17H2,1-5H3,(H,18,19). The summed E-state index contributed by atoms with van der Waals surface area (Å²) in [6.45, 7) is 12.6. The first-order valence-corrected chi connectivity index (χ1v) is 7.27. The van der Waals surface area contributed by atoms with Gasteiger partial charge in [-0.25, -0.2) is 4.98 Å². The van der Waals surface area contributed by atoms with Crippen LogP contribution in [-0.4, -0.2) is 18.1 Å². The van der Waals surface area contributed by atoms with Gasteiger partial charge in [-0.1, -0.05) is 40.7 Å². The topological polar surface area (TPSA) is 50.9 Å². The Bertz CT molecular complexity index is 364. The predicted molar refractivity (Wildman–Crippen MR) is 83.5 cm³/mol. The Hall–Kier alpha value is -1.09. The van der Waals surface area contributed by atoms with E-state index in [9.17, 15) is 0 Å². The smallest absolute Gasteiger partial charge is 0.125 e. The summed E-state index contributed by atoms with van der Waals surface area (Å²) >= 11 is 0. The van der Waals surface area contributed by atoms with E-state index in [4.69, 9.17) is 5.73 Å². The van der Waals surface area contributed by atoms with E-state index >= 15 is 0 Å². The number of aromatic nitrogens is 1. The summed E-state index contributed by atoms with van der Waals surface area (Å²) in [5.74, 6) is 0.938. The second-order valence-corrected chi connectivity index (χ2v) is 6.45. The van der Waals surface area contributed by atoms with Gasteiger partial charge in [-0.2, -0.15) is 0 Å². The van der Waals surface area contributed by atoms with Gasteiger partial charge in [0.05, 0.1) is 0 Å². The number of nitrogens with zero attached hydrogens (tertiary/aromatic N) is 1. The van der Waals surface area contributed by atoms with E-state index in [0.717, 1.165) is 25.2 Å². The lowest BCUT2D eigenvalue weighted by Gasteiger charge is -2.30. The maximum Gasteiger partial charge on any atom is 0.125 e. The average Bonchev–Trinajstić information content (AvgIpc) is 2.40. The summed E-state index contributed by atoms with van der Waals surface area (Å²) in [6.07, 6.45) is 4.14. The summed E-state index contributed by atoms with van der Waals surface area (Å²) in [5.41, 5.74) is 7.51. The quantitative estimate of drug-likeness (QED) is 0.825. The summed E-state index contributed by atoms with van der Waals surface area (Å²) in [7, 11) is 0. The Morgan fingerprint density at radius 3 is 2.16 bits per heavy atom. The Balaban J connectivity index is 2.69. The van der Waals surface area contributed by atoms with Crippen molar-refractivity contribution in [2.24, 2.45) is 11.1 Å². The molecule has 0 unspecified atom stereocenters. The molecule has 0 aliphatic carbocycles. The van der Waals surface area contributed by atoms with Gasteiger partial charge in [0, 0.05) is 12.7 Å². The Morgan fingerprint density at radius 2 is 1.79 bits per heavy atom. The van der Waals surface area contributed by atoms with Crippen LogP contribution >= 0.6 is 0 Å². The van der Waals surface area contributed by atoms with E-state index in [-0.39, 0.29) is 10.8 Å². The fourth-order valence-electron chi connectivity index (χ4n) is 2.08. The fourth-order valence-corrected chi connectivity index (χ4v) is 2.08. The van der Waals surface area contributed by atoms with Crippen LogP contribution < -0.4 is 11.1 Å². The van der Waals surface area contributed by atoms with Gasteiger partial charge in [-0.15, -0.1) is 0 Å². The highest BCUT2D eigenvalue weighted by molar-refractivity contribution is 5.37. The molecule has 3 heteroatoms. The number of rotatable bonds is 6. The molecule has 0 radical (unpaired) electrons. The number of hydrogen-bond acceptors (Lipinski definition) is 3. The molecule has 0 aliphatic rings. The first-order valence-electron chi connectivity index (χ1n) is 7.27. The number of nitrogens with two attached hydrogens (primary N) is 1. The molecule has 0 fully saturated rings. The molecule has 3 N–H and O–H groups in total. The third-order valence-electron chi connectivity index (χ3n) is 4.21. The normalized spacial score (nSPS) is 12.5. The molecule has 0 aromatic carbocycles. The van der Waals surface area contributed by atoms with E-state index in [0.29, 0.717) is 6.54 Å². The van der Waals surface area contributed by atoms with Gasteiger partial charge < -0.3 is 11.1 Å². The minimum Gasteiger partial charge on any atom is -0.369 e. The van der Waals surface area contributed by atoms with Crippen molar-refractivity contribution in [1.82, 2.24) is 4.98 Å². The molecule has 108 valence electrons. The Kier molecular flexibility index (Phi) is 5.36. The van der Waals surface area contributed by atoms with Crippen LogP contribution in [0.1, 0.15) is 53.0 Å². The van der Waals surface area contributed by atoms with Crippen LogP contribution in [0.3, 0.4) is 0 Å². The van der Waals surface area contributed by atoms with Gasteiger partial charge in [0.25, 0.3) is 0 Å². The summed E-state index contributed by atoms with van der Waals surface area (Å²) in [4.78, 5) is 4.50. The highest BCUT2D eigenvalue weighted by Gasteiger charge is 2.24. The second kappa shape index (κ2) is 6.38. The fraction of sp³-hybridized carbons (Fsp3) is 0.688. The van der Waals surface area contributed by atoms with E-state index in [1.807, 2.05) is 6.20 Å². The zero-order valence-corrected chi connectivity index (χ0v) is 13.1. The average molecular weight is 263 g/mol. The first-order chi connectivity index (χ1) is 8.87. The lowest BCUT2D eigenvalue weighted by molar-refractivity contribution is 0.294. The number of hydrogen-bond donors (Lipinski definition) is 2. The number of nitrogens with one attached hydrogen (secondary N) is 1. The monoisotopic (exact) mass is 263 g/mol. The molecule has 0 spiro atoms. The molecule has 19 heavy (non-hydrogen) atoms. The number of pyridine rings is 1.